The van der Waals surface area contributed by atoms with E-state index in [1.54, 1.807) is 7.11 Å². The molecule has 3 N–H and O–H groups in total. The third kappa shape index (κ3) is 2.07. The molecule has 0 aliphatic heterocycles. The molecule has 1 aliphatic rings. The fourth-order valence-corrected chi connectivity index (χ4v) is 3.30. The summed E-state index contributed by atoms with van der Waals surface area (Å²) in [6.07, 6.45) is 4.21. The highest BCUT2D eigenvalue weighted by atomic mass is 16.5. The van der Waals surface area contributed by atoms with Gasteiger partial charge in [0.15, 0.2) is 0 Å². The molecule has 1 fully saturated rings. The highest BCUT2D eigenvalue weighted by Crippen LogP contribution is 2.50. The normalized spacial score (nSPS) is 21.7. The average molecular weight is 249 g/mol. The van der Waals surface area contributed by atoms with Gasteiger partial charge >= 0.3 is 0 Å². The first-order valence-corrected chi connectivity index (χ1v) is 6.65. The van der Waals surface area contributed by atoms with Gasteiger partial charge in [-0.05, 0) is 18.4 Å². The number of methoxy groups -OCH3 is 1. The van der Waals surface area contributed by atoms with Crippen LogP contribution in [-0.2, 0) is 10.3 Å². The summed E-state index contributed by atoms with van der Waals surface area (Å²) >= 11 is 0. The molecule has 0 spiro atoms. The van der Waals surface area contributed by atoms with Gasteiger partial charge in [0.1, 0.15) is 5.60 Å². The summed E-state index contributed by atoms with van der Waals surface area (Å²) in [6, 6.07) is 9.80. The molecule has 1 aromatic carbocycles. The Morgan fingerprint density at radius 3 is 2.39 bits per heavy atom. The van der Waals surface area contributed by atoms with Crippen LogP contribution in [0.25, 0.3) is 0 Å². The minimum atomic E-state index is -0.978. The Balaban J connectivity index is 2.43. The van der Waals surface area contributed by atoms with Gasteiger partial charge in [0.25, 0.3) is 0 Å². The van der Waals surface area contributed by atoms with Gasteiger partial charge in [0.2, 0.25) is 0 Å². The van der Waals surface area contributed by atoms with Crippen LogP contribution in [0.5, 0.6) is 0 Å². The molecule has 1 aliphatic carbocycles. The molecule has 3 heteroatoms. The lowest BCUT2D eigenvalue weighted by Crippen LogP contribution is -2.51. The lowest BCUT2D eigenvalue weighted by Gasteiger charge is -2.44. The zero-order chi connectivity index (χ0) is 13.1. The van der Waals surface area contributed by atoms with E-state index in [1.807, 2.05) is 30.3 Å². The summed E-state index contributed by atoms with van der Waals surface area (Å²) in [7, 11) is 1.63. The minimum absolute atomic E-state index is 0.246. The first kappa shape index (κ1) is 13.5. The first-order valence-electron chi connectivity index (χ1n) is 6.65. The largest absolute Gasteiger partial charge is 0.382 e. The van der Waals surface area contributed by atoms with Crippen molar-refractivity contribution in [1.82, 2.24) is 0 Å². The van der Waals surface area contributed by atoms with Gasteiger partial charge in [-0.2, -0.15) is 0 Å². The van der Waals surface area contributed by atoms with Crippen molar-refractivity contribution in [1.29, 1.82) is 0 Å². The SMILES string of the molecule is COCC(O)(c1ccccc1)C1(CN)CCCC1. The summed E-state index contributed by atoms with van der Waals surface area (Å²) in [4.78, 5) is 0. The van der Waals surface area contributed by atoms with Crippen LogP contribution in [0.3, 0.4) is 0 Å². The van der Waals surface area contributed by atoms with Crippen LogP contribution in [0.2, 0.25) is 0 Å². The van der Waals surface area contributed by atoms with Crippen molar-refractivity contribution in [2.75, 3.05) is 20.3 Å². The van der Waals surface area contributed by atoms with E-state index >= 15 is 0 Å². The molecule has 0 radical (unpaired) electrons. The fourth-order valence-electron chi connectivity index (χ4n) is 3.30. The maximum absolute atomic E-state index is 11.2. The molecule has 1 unspecified atom stereocenters. The van der Waals surface area contributed by atoms with Crippen LogP contribution in [0.15, 0.2) is 30.3 Å². The van der Waals surface area contributed by atoms with E-state index < -0.39 is 5.60 Å². The van der Waals surface area contributed by atoms with E-state index in [9.17, 15) is 5.11 Å². The smallest absolute Gasteiger partial charge is 0.120 e. The van der Waals surface area contributed by atoms with Crippen molar-refractivity contribution in [3.63, 3.8) is 0 Å². The number of benzene rings is 1. The van der Waals surface area contributed by atoms with Gasteiger partial charge in [-0.15, -0.1) is 0 Å². The van der Waals surface area contributed by atoms with Crippen molar-refractivity contribution in [2.45, 2.75) is 31.3 Å². The van der Waals surface area contributed by atoms with Gasteiger partial charge < -0.3 is 15.6 Å². The van der Waals surface area contributed by atoms with Crippen LogP contribution in [0, 0.1) is 5.41 Å². The molecule has 1 aromatic rings. The molecule has 100 valence electrons. The lowest BCUT2D eigenvalue weighted by molar-refractivity contribution is -0.127. The van der Waals surface area contributed by atoms with Crippen LogP contribution in [0.4, 0.5) is 0 Å². The summed E-state index contributed by atoms with van der Waals surface area (Å²) in [5, 5.41) is 11.2. The van der Waals surface area contributed by atoms with E-state index in [4.69, 9.17) is 10.5 Å². The number of ether oxygens (including phenoxy) is 1. The van der Waals surface area contributed by atoms with E-state index in [0.717, 1.165) is 31.2 Å². The van der Waals surface area contributed by atoms with Crippen LogP contribution < -0.4 is 5.73 Å². The van der Waals surface area contributed by atoms with E-state index in [0.29, 0.717) is 13.2 Å². The molecule has 0 bridgehead atoms. The number of hydrogen-bond donors (Lipinski definition) is 2. The number of nitrogens with two attached hydrogens (primary N) is 1. The summed E-state index contributed by atoms with van der Waals surface area (Å²) in [6.45, 7) is 0.802. The second-order valence-corrected chi connectivity index (χ2v) is 5.35. The standard InChI is InChI=1S/C15H23NO2/c1-18-12-15(17,13-7-3-2-4-8-13)14(11-16)9-5-6-10-14/h2-4,7-8,17H,5-6,9-12,16H2,1H3. The molecule has 0 saturated heterocycles. The molecule has 1 atom stereocenters. The Bertz CT molecular complexity index is 373. The third-order valence-electron chi connectivity index (χ3n) is 4.43. The van der Waals surface area contributed by atoms with Gasteiger partial charge in [-0.1, -0.05) is 43.2 Å². The average Bonchev–Trinajstić information content (AvgIpc) is 2.90. The topological polar surface area (TPSA) is 55.5 Å². The molecule has 0 aromatic heterocycles. The molecule has 0 amide bonds. The van der Waals surface area contributed by atoms with Crippen molar-refractivity contribution in [3.05, 3.63) is 35.9 Å². The molecular formula is C15H23NO2. The Hall–Kier alpha value is -0.900. The fraction of sp³-hybridized carbons (Fsp3) is 0.600. The highest BCUT2D eigenvalue weighted by molar-refractivity contribution is 5.26. The second-order valence-electron chi connectivity index (χ2n) is 5.35. The zero-order valence-corrected chi connectivity index (χ0v) is 11.1. The Morgan fingerprint density at radius 2 is 1.89 bits per heavy atom. The molecular weight excluding hydrogens is 226 g/mol. The number of aliphatic hydroxyl groups is 1. The minimum Gasteiger partial charge on any atom is -0.382 e. The Morgan fingerprint density at radius 1 is 1.28 bits per heavy atom. The van der Waals surface area contributed by atoms with Crippen LogP contribution in [-0.4, -0.2) is 25.4 Å². The first-order chi connectivity index (χ1) is 8.68. The van der Waals surface area contributed by atoms with Crippen molar-refractivity contribution >= 4 is 0 Å². The van der Waals surface area contributed by atoms with E-state index in [-0.39, 0.29) is 5.41 Å². The number of rotatable bonds is 5. The molecule has 0 heterocycles. The van der Waals surface area contributed by atoms with Crippen LogP contribution in [0.1, 0.15) is 31.2 Å². The summed E-state index contributed by atoms with van der Waals surface area (Å²) in [5.41, 5.74) is 5.70. The van der Waals surface area contributed by atoms with Gasteiger partial charge in [-0.3, -0.25) is 0 Å². The monoisotopic (exact) mass is 249 g/mol. The van der Waals surface area contributed by atoms with Gasteiger partial charge in [0, 0.05) is 19.1 Å². The molecule has 3 nitrogen and oxygen atoms in total. The maximum Gasteiger partial charge on any atom is 0.120 e. The predicted octanol–water partition coefficient (Wildman–Crippen LogP) is 2.04. The van der Waals surface area contributed by atoms with Gasteiger partial charge in [0.05, 0.1) is 6.61 Å². The molecule has 1 saturated carbocycles. The number of hydrogen-bond acceptors (Lipinski definition) is 3. The third-order valence-corrected chi connectivity index (χ3v) is 4.43. The summed E-state index contributed by atoms with van der Waals surface area (Å²) < 4.78 is 5.30. The van der Waals surface area contributed by atoms with Crippen molar-refractivity contribution in [2.24, 2.45) is 11.1 Å². The quantitative estimate of drug-likeness (QED) is 0.839. The second kappa shape index (κ2) is 5.39. The maximum atomic E-state index is 11.2. The molecule has 2 rings (SSSR count). The van der Waals surface area contributed by atoms with Gasteiger partial charge in [-0.25, -0.2) is 0 Å². The zero-order valence-electron chi connectivity index (χ0n) is 11.1. The van der Waals surface area contributed by atoms with Crippen molar-refractivity contribution in [3.8, 4) is 0 Å². The van der Waals surface area contributed by atoms with Crippen molar-refractivity contribution < 1.29 is 9.84 Å². The van der Waals surface area contributed by atoms with E-state index in [2.05, 4.69) is 0 Å². The Labute approximate surface area is 109 Å². The lowest BCUT2D eigenvalue weighted by atomic mass is 9.67. The molecule has 18 heavy (non-hydrogen) atoms. The van der Waals surface area contributed by atoms with E-state index in [1.165, 1.54) is 0 Å². The predicted molar refractivity (Wildman–Crippen MR) is 72.2 cm³/mol. The summed E-state index contributed by atoms with van der Waals surface area (Å²) in [5.74, 6) is 0. The Kier molecular flexibility index (Phi) is 4.05. The highest BCUT2D eigenvalue weighted by Gasteiger charge is 2.51. The van der Waals surface area contributed by atoms with Crippen LogP contribution >= 0.6 is 0 Å².